The lowest BCUT2D eigenvalue weighted by molar-refractivity contribution is -0.385. The molecular formula is C12H12FN5O3. The van der Waals surface area contributed by atoms with Gasteiger partial charge in [-0.1, -0.05) is 0 Å². The third kappa shape index (κ3) is 3.53. The van der Waals surface area contributed by atoms with E-state index in [2.05, 4.69) is 15.3 Å². The second-order valence-corrected chi connectivity index (χ2v) is 3.95. The summed E-state index contributed by atoms with van der Waals surface area (Å²) in [5, 5.41) is 13.8. The zero-order valence-corrected chi connectivity index (χ0v) is 11.0. The highest BCUT2D eigenvalue weighted by Crippen LogP contribution is 2.31. The van der Waals surface area contributed by atoms with Crippen LogP contribution in [0.1, 0.15) is 6.92 Å². The van der Waals surface area contributed by atoms with Crippen molar-refractivity contribution in [2.24, 2.45) is 0 Å². The summed E-state index contributed by atoms with van der Waals surface area (Å²) in [6, 6.07) is 4.41. The van der Waals surface area contributed by atoms with Crippen LogP contribution in [0.5, 0.6) is 11.6 Å². The number of benzene rings is 1. The molecule has 0 bridgehead atoms. The average molecular weight is 293 g/mol. The van der Waals surface area contributed by atoms with Gasteiger partial charge in [-0.2, -0.15) is 9.97 Å². The molecule has 2 rings (SSSR count). The number of nitrogens with two attached hydrogens (primary N) is 1. The van der Waals surface area contributed by atoms with E-state index in [-0.39, 0.29) is 17.6 Å². The van der Waals surface area contributed by atoms with Crippen LogP contribution in [0.15, 0.2) is 24.3 Å². The number of nitrogens with zero attached hydrogens (tertiary/aromatic N) is 3. The fraction of sp³-hybridized carbons (Fsp3) is 0.167. The Kier molecular flexibility index (Phi) is 4.12. The number of nitrogens with one attached hydrogen (secondary N) is 1. The molecule has 0 aliphatic heterocycles. The van der Waals surface area contributed by atoms with Gasteiger partial charge in [-0.3, -0.25) is 10.1 Å². The number of halogens is 1. The van der Waals surface area contributed by atoms with Crippen molar-refractivity contribution in [3.8, 4) is 11.6 Å². The highest BCUT2D eigenvalue weighted by Gasteiger charge is 2.18. The summed E-state index contributed by atoms with van der Waals surface area (Å²) in [4.78, 5) is 17.9. The Morgan fingerprint density at radius 1 is 1.43 bits per heavy atom. The molecule has 110 valence electrons. The number of nitrogen functional groups attached to an aromatic ring is 1. The van der Waals surface area contributed by atoms with Crippen molar-refractivity contribution >= 4 is 17.5 Å². The smallest absolute Gasteiger partial charge is 0.314 e. The van der Waals surface area contributed by atoms with Crippen LogP contribution in [0.3, 0.4) is 0 Å². The minimum Gasteiger partial charge on any atom is -0.432 e. The molecule has 8 nitrogen and oxygen atoms in total. The lowest BCUT2D eigenvalue weighted by Crippen LogP contribution is -2.04. The monoisotopic (exact) mass is 293 g/mol. The Bertz CT molecular complexity index is 680. The third-order valence-electron chi connectivity index (χ3n) is 2.41. The number of ether oxygens (including phenoxy) is 1. The molecule has 0 aliphatic rings. The summed E-state index contributed by atoms with van der Waals surface area (Å²) in [7, 11) is 0. The standard InChI is InChI=1S/C12H12FN5O3/c1-2-15-10-6-11(17-12(14)16-10)21-9-4-3-7(13)5-8(9)18(19)20/h3-6H,2H2,1H3,(H3,14,15,16,17). The normalized spacial score (nSPS) is 10.2. The number of hydrogen-bond acceptors (Lipinski definition) is 7. The van der Waals surface area contributed by atoms with Gasteiger partial charge in [0.2, 0.25) is 17.6 Å². The van der Waals surface area contributed by atoms with E-state index >= 15 is 0 Å². The molecule has 0 spiro atoms. The topological polar surface area (TPSA) is 116 Å². The van der Waals surface area contributed by atoms with E-state index in [1.54, 1.807) is 0 Å². The Hall–Kier alpha value is -2.97. The van der Waals surface area contributed by atoms with Crippen LogP contribution >= 0.6 is 0 Å². The molecule has 1 aromatic heterocycles. The zero-order chi connectivity index (χ0) is 15.4. The van der Waals surface area contributed by atoms with Crippen LogP contribution in [-0.2, 0) is 0 Å². The summed E-state index contributed by atoms with van der Waals surface area (Å²) in [6.45, 7) is 2.47. The van der Waals surface area contributed by atoms with Gasteiger partial charge in [0.25, 0.3) is 0 Å². The van der Waals surface area contributed by atoms with Crippen LogP contribution in [0.2, 0.25) is 0 Å². The lowest BCUT2D eigenvalue weighted by atomic mass is 10.3. The summed E-state index contributed by atoms with van der Waals surface area (Å²) in [5.74, 6) is -0.474. The number of nitro groups is 1. The summed E-state index contributed by atoms with van der Waals surface area (Å²) in [5.41, 5.74) is 5.03. The van der Waals surface area contributed by atoms with Gasteiger partial charge in [-0.15, -0.1) is 0 Å². The van der Waals surface area contributed by atoms with Gasteiger partial charge in [0.05, 0.1) is 11.0 Å². The SMILES string of the molecule is CCNc1cc(Oc2ccc(F)cc2[N+](=O)[O-])nc(N)n1. The minimum atomic E-state index is -0.742. The predicted octanol–water partition coefficient (Wildman–Crippen LogP) is 2.33. The molecule has 0 atom stereocenters. The highest BCUT2D eigenvalue weighted by molar-refractivity contribution is 5.50. The number of hydrogen-bond donors (Lipinski definition) is 2. The first-order valence-corrected chi connectivity index (χ1v) is 6.00. The molecule has 1 aromatic carbocycles. The molecule has 2 aromatic rings. The van der Waals surface area contributed by atoms with E-state index in [0.717, 1.165) is 18.2 Å². The molecule has 0 amide bonds. The molecule has 1 heterocycles. The van der Waals surface area contributed by atoms with E-state index in [1.165, 1.54) is 6.07 Å². The van der Waals surface area contributed by atoms with Gasteiger partial charge < -0.3 is 15.8 Å². The van der Waals surface area contributed by atoms with Gasteiger partial charge in [0.15, 0.2) is 0 Å². The summed E-state index contributed by atoms with van der Waals surface area (Å²) < 4.78 is 18.4. The van der Waals surface area contributed by atoms with Crippen LogP contribution < -0.4 is 15.8 Å². The van der Waals surface area contributed by atoms with Gasteiger partial charge in [0.1, 0.15) is 11.6 Å². The van der Waals surface area contributed by atoms with Crippen molar-refractivity contribution in [2.45, 2.75) is 6.92 Å². The van der Waals surface area contributed by atoms with Gasteiger partial charge in [0, 0.05) is 12.6 Å². The molecule has 0 saturated carbocycles. The first-order chi connectivity index (χ1) is 9.99. The Labute approximate surface area is 118 Å². The molecule has 9 heteroatoms. The number of aromatic nitrogens is 2. The summed E-state index contributed by atoms with van der Waals surface area (Å²) >= 11 is 0. The van der Waals surface area contributed by atoms with Crippen molar-refractivity contribution in [3.63, 3.8) is 0 Å². The Morgan fingerprint density at radius 2 is 2.19 bits per heavy atom. The van der Waals surface area contributed by atoms with Gasteiger partial charge >= 0.3 is 5.69 Å². The van der Waals surface area contributed by atoms with Gasteiger partial charge in [-0.25, -0.2) is 4.39 Å². The first-order valence-electron chi connectivity index (χ1n) is 6.00. The van der Waals surface area contributed by atoms with E-state index in [1.807, 2.05) is 6.92 Å². The van der Waals surface area contributed by atoms with E-state index in [9.17, 15) is 14.5 Å². The third-order valence-corrected chi connectivity index (χ3v) is 2.41. The predicted molar refractivity (Wildman–Crippen MR) is 73.7 cm³/mol. The Balaban J connectivity index is 2.36. The van der Waals surface area contributed by atoms with Crippen LogP contribution in [0.4, 0.5) is 21.8 Å². The highest BCUT2D eigenvalue weighted by atomic mass is 19.1. The molecule has 3 N–H and O–H groups in total. The second-order valence-electron chi connectivity index (χ2n) is 3.95. The average Bonchev–Trinajstić information content (AvgIpc) is 2.40. The number of anilines is 2. The van der Waals surface area contributed by atoms with Crippen LogP contribution in [-0.4, -0.2) is 21.4 Å². The maximum absolute atomic E-state index is 13.1. The minimum absolute atomic E-state index is 0.0214. The van der Waals surface area contributed by atoms with E-state index in [0.29, 0.717) is 12.4 Å². The van der Waals surface area contributed by atoms with Crippen molar-refractivity contribution in [1.29, 1.82) is 0 Å². The molecular weight excluding hydrogens is 281 g/mol. The molecule has 0 aliphatic carbocycles. The van der Waals surface area contributed by atoms with Crippen molar-refractivity contribution in [2.75, 3.05) is 17.6 Å². The number of nitro benzene ring substituents is 1. The molecule has 0 fully saturated rings. The summed E-state index contributed by atoms with van der Waals surface area (Å²) in [6.07, 6.45) is 0. The van der Waals surface area contributed by atoms with Crippen LogP contribution in [0.25, 0.3) is 0 Å². The van der Waals surface area contributed by atoms with E-state index < -0.39 is 16.4 Å². The fourth-order valence-electron chi connectivity index (χ4n) is 1.60. The molecule has 0 radical (unpaired) electrons. The first kappa shape index (κ1) is 14.4. The van der Waals surface area contributed by atoms with Crippen LogP contribution in [0, 0.1) is 15.9 Å². The molecule has 0 saturated heterocycles. The zero-order valence-electron chi connectivity index (χ0n) is 11.0. The van der Waals surface area contributed by atoms with Gasteiger partial charge in [-0.05, 0) is 19.1 Å². The Morgan fingerprint density at radius 3 is 2.86 bits per heavy atom. The largest absolute Gasteiger partial charge is 0.432 e. The fourth-order valence-corrected chi connectivity index (χ4v) is 1.60. The van der Waals surface area contributed by atoms with Crippen molar-refractivity contribution < 1.29 is 14.1 Å². The molecule has 21 heavy (non-hydrogen) atoms. The lowest BCUT2D eigenvalue weighted by Gasteiger charge is -2.08. The molecule has 0 unspecified atom stereocenters. The number of rotatable bonds is 5. The second kappa shape index (κ2) is 5.99. The van der Waals surface area contributed by atoms with Crippen molar-refractivity contribution in [1.82, 2.24) is 9.97 Å². The quantitative estimate of drug-likeness (QED) is 0.641. The van der Waals surface area contributed by atoms with E-state index in [4.69, 9.17) is 10.5 Å². The van der Waals surface area contributed by atoms with Crippen molar-refractivity contribution in [3.05, 3.63) is 40.2 Å². The maximum Gasteiger partial charge on any atom is 0.314 e. The maximum atomic E-state index is 13.1.